The second-order valence-corrected chi connectivity index (χ2v) is 6.53. The van der Waals surface area contributed by atoms with Crippen molar-refractivity contribution in [3.8, 4) is 0 Å². The molecule has 0 radical (unpaired) electrons. The molecule has 2 unspecified atom stereocenters. The van der Waals surface area contributed by atoms with E-state index in [0.29, 0.717) is 6.42 Å². The van der Waals surface area contributed by atoms with Crippen molar-refractivity contribution in [1.29, 1.82) is 0 Å². The second-order valence-electron chi connectivity index (χ2n) is 6.53. The average molecular weight is 332 g/mol. The Kier molecular flexibility index (Phi) is 4.20. The Morgan fingerprint density at radius 3 is 2.68 bits per heavy atom. The maximum Gasteiger partial charge on any atom is 0.320 e. The molecule has 0 spiro atoms. The molecule has 4 rings (SSSR count). The molecule has 2 heterocycles. The number of likely N-dealkylation sites (tertiary alicyclic amines) is 1. The van der Waals surface area contributed by atoms with Crippen molar-refractivity contribution in [1.82, 2.24) is 9.88 Å². The summed E-state index contributed by atoms with van der Waals surface area (Å²) in [5.74, 6) is -0.743. The number of aromatic nitrogens is 1. The van der Waals surface area contributed by atoms with Crippen LogP contribution in [0.1, 0.15) is 30.0 Å². The molecule has 0 amide bonds. The highest BCUT2D eigenvalue weighted by Gasteiger charge is 2.36. The molecule has 0 bridgehead atoms. The van der Waals surface area contributed by atoms with Gasteiger partial charge in [-0.3, -0.25) is 14.7 Å². The predicted molar refractivity (Wildman–Crippen MR) is 97.4 cm³/mol. The highest BCUT2D eigenvalue weighted by Crippen LogP contribution is 2.35. The van der Waals surface area contributed by atoms with Crippen LogP contribution in [0.4, 0.5) is 0 Å². The number of fused-ring (bicyclic) bond motifs is 1. The summed E-state index contributed by atoms with van der Waals surface area (Å²) in [6.45, 7) is 0.781. The van der Waals surface area contributed by atoms with Crippen LogP contribution in [0.2, 0.25) is 0 Å². The number of pyridine rings is 1. The third-order valence-electron chi connectivity index (χ3n) is 5.00. The zero-order valence-electron chi connectivity index (χ0n) is 13.9. The lowest BCUT2D eigenvalue weighted by Crippen LogP contribution is -2.39. The Labute approximate surface area is 146 Å². The molecule has 0 saturated carbocycles. The van der Waals surface area contributed by atoms with Crippen LogP contribution in [0.3, 0.4) is 0 Å². The van der Waals surface area contributed by atoms with Gasteiger partial charge >= 0.3 is 5.97 Å². The lowest BCUT2D eigenvalue weighted by atomic mass is 9.95. The highest BCUT2D eigenvalue weighted by molar-refractivity contribution is 5.83. The minimum absolute atomic E-state index is 0.0955. The second kappa shape index (κ2) is 6.65. The molecule has 2 atom stereocenters. The highest BCUT2D eigenvalue weighted by atomic mass is 16.4. The lowest BCUT2D eigenvalue weighted by Gasteiger charge is -2.32. The van der Waals surface area contributed by atoms with E-state index in [1.807, 2.05) is 30.5 Å². The monoisotopic (exact) mass is 332 g/mol. The molecular weight excluding hydrogens is 312 g/mol. The molecule has 1 N–H and O–H groups in total. The Balaban J connectivity index is 1.83. The van der Waals surface area contributed by atoms with Gasteiger partial charge in [-0.1, -0.05) is 42.5 Å². The molecule has 0 aliphatic carbocycles. The molecule has 2 aromatic carbocycles. The van der Waals surface area contributed by atoms with E-state index in [4.69, 9.17) is 0 Å². The fourth-order valence-electron chi connectivity index (χ4n) is 3.85. The average Bonchev–Trinajstić information content (AvgIpc) is 3.12. The van der Waals surface area contributed by atoms with Crippen molar-refractivity contribution in [2.24, 2.45) is 0 Å². The summed E-state index contributed by atoms with van der Waals surface area (Å²) in [7, 11) is 0. The first kappa shape index (κ1) is 15.8. The first-order chi connectivity index (χ1) is 12.2. The van der Waals surface area contributed by atoms with E-state index in [1.165, 1.54) is 10.8 Å². The summed E-state index contributed by atoms with van der Waals surface area (Å²) in [5, 5.41) is 12.0. The molecule has 126 valence electrons. The number of carbonyl (C=O) groups is 1. The summed E-state index contributed by atoms with van der Waals surface area (Å²) < 4.78 is 0. The summed E-state index contributed by atoms with van der Waals surface area (Å²) in [6.07, 6.45) is 5.19. The number of benzene rings is 2. The van der Waals surface area contributed by atoms with Crippen LogP contribution < -0.4 is 0 Å². The fourth-order valence-corrected chi connectivity index (χ4v) is 3.85. The number of carboxylic acids is 1. The van der Waals surface area contributed by atoms with E-state index in [2.05, 4.69) is 40.2 Å². The van der Waals surface area contributed by atoms with Crippen LogP contribution in [0.15, 0.2) is 67.0 Å². The van der Waals surface area contributed by atoms with Gasteiger partial charge in [-0.25, -0.2) is 0 Å². The molecule has 1 aliphatic rings. The SMILES string of the molecule is O=C(O)C1CCCN1C(c1cccnc1)c1ccc2ccccc2c1. The Bertz CT molecular complexity index is 895. The van der Waals surface area contributed by atoms with E-state index < -0.39 is 12.0 Å². The van der Waals surface area contributed by atoms with Gasteiger partial charge in [0.1, 0.15) is 6.04 Å². The van der Waals surface area contributed by atoms with Crippen LogP contribution in [0, 0.1) is 0 Å². The van der Waals surface area contributed by atoms with Gasteiger partial charge in [0, 0.05) is 18.9 Å². The summed E-state index contributed by atoms with van der Waals surface area (Å²) in [6, 6.07) is 18.0. The van der Waals surface area contributed by atoms with Gasteiger partial charge in [0.05, 0.1) is 6.04 Å². The van der Waals surface area contributed by atoms with Crippen molar-refractivity contribution in [2.45, 2.75) is 24.9 Å². The Morgan fingerprint density at radius 2 is 1.92 bits per heavy atom. The maximum absolute atomic E-state index is 11.7. The number of aliphatic carboxylic acids is 1. The predicted octanol–water partition coefficient (Wildman–Crippen LogP) is 3.87. The van der Waals surface area contributed by atoms with E-state index in [1.54, 1.807) is 6.20 Å². The smallest absolute Gasteiger partial charge is 0.320 e. The van der Waals surface area contributed by atoms with Gasteiger partial charge in [0.15, 0.2) is 0 Å². The Morgan fingerprint density at radius 1 is 1.08 bits per heavy atom. The molecule has 1 fully saturated rings. The number of hydrogen-bond acceptors (Lipinski definition) is 3. The van der Waals surface area contributed by atoms with Crippen LogP contribution in [-0.4, -0.2) is 33.5 Å². The van der Waals surface area contributed by atoms with Gasteiger partial charge in [-0.15, -0.1) is 0 Å². The molecule has 1 aliphatic heterocycles. The topological polar surface area (TPSA) is 53.4 Å². The standard InChI is InChI=1S/C21H20N2O2/c24-21(25)19-8-4-12-23(19)20(18-7-3-11-22-14-18)17-10-9-15-5-1-2-6-16(15)13-17/h1-3,5-7,9-11,13-14,19-20H,4,8,12H2,(H,24,25). The van der Waals surface area contributed by atoms with Crippen LogP contribution >= 0.6 is 0 Å². The van der Waals surface area contributed by atoms with Gasteiger partial charge < -0.3 is 5.11 Å². The number of carboxylic acid groups (broad SMARTS) is 1. The maximum atomic E-state index is 11.7. The Hall–Kier alpha value is -2.72. The first-order valence-electron chi connectivity index (χ1n) is 8.61. The van der Waals surface area contributed by atoms with Crippen LogP contribution in [0.25, 0.3) is 10.8 Å². The first-order valence-corrected chi connectivity index (χ1v) is 8.61. The van der Waals surface area contributed by atoms with E-state index in [-0.39, 0.29) is 6.04 Å². The van der Waals surface area contributed by atoms with Gasteiger partial charge in [-0.2, -0.15) is 0 Å². The third-order valence-corrected chi connectivity index (χ3v) is 5.00. The molecule has 4 nitrogen and oxygen atoms in total. The molecule has 4 heteroatoms. The van der Waals surface area contributed by atoms with E-state index in [9.17, 15) is 9.90 Å². The summed E-state index contributed by atoms with van der Waals surface area (Å²) >= 11 is 0. The summed E-state index contributed by atoms with van der Waals surface area (Å²) in [5.41, 5.74) is 2.14. The van der Waals surface area contributed by atoms with E-state index in [0.717, 1.165) is 24.1 Å². The molecule has 25 heavy (non-hydrogen) atoms. The van der Waals surface area contributed by atoms with Crippen LogP contribution in [0.5, 0.6) is 0 Å². The quantitative estimate of drug-likeness (QED) is 0.788. The van der Waals surface area contributed by atoms with Crippen LogP contribution in [-0.2, 0) is 4.79 Å². The van der Waals surface area contributed by atoms with Gasteiger partial charge in [0.25, 0.3) is 0 Å². The number of rotatable bonds is 4. The zero-order chi connectivity index (χ0) is 17.2. The van der Waals surface area contributed by atoms with Crippen molar-refractivity contribution >= 4 is 16.7 Å². The van der Waals surface area contributed by atoms with Crippen molar-refractivity contribution in [3.05, 3.63) is 78.1 Å². The summed E-state index contributed by atoms with van der Waals surface area (Å²) in [4.78, 5) is 18.1. The van der Waals surface area contributed by atoms with Gasteiger partial charge in [0.2, 0.25) is 0 Å². The fraction of sp³-hybridized carbons (Fsp3) is 0.238. The lowest BCUT2D eigenvalue weighted by molar-refractivity contribution is -0.142. The molecule has 1 aromatic heterocycles. The number of hydrogen-bond donors (Lipinski definition) is 1. The van der Waals surface area contributed by atoms with Gasteiger partial charge in [-0.05, 0) is 46.9 Å². The number of nitrogens with zero attached hydrogens (tertiary/aromatic N) is 2. The third kappa shape index (κ3) is 3.01. The van der Waals surface area contributed by atoms with Crippen molar-refractivity contribution in [3.63, 3.8) is 0 Å². The van der Waals surface area contributed by atoms with E-state index >= 15 is 0 Å². The minimum Gasteiger partial charge on any atom is -0.480 e. The molecular formula is C21H20N2O2. The largest absolute Gasteiger partial charge is 0.480 e. The van der Waals surface area contributed by atoms with Crippen molar-refractivity contribution < 1.29 is 9.90 Å². The van der Waals surface area contributed by atoms with Crippen molar-refractivity contribution in [2.75, 3.05) is 6.54 Å². The molecule has 1 saturated heterocycles. The normalized spacial score (nSPS) is 19.1. The minimum atomic E-state index is -0.743. The molecule has 3 aromatic rings. The zero-order valence-corrected chi connectivity index (χ0v) is 13.9.